The SMILES string of the molecule is Cn1cc(-c2ccc(CCl)nc2)cn1. The van der Waals surface area contributed by atoms with E-state index in [-0.39, 0.29) is 0 Å². The van der Waals surface area contributed by atoms with E-state index < -0.39 is 0 Å². The van der Waals surface area contributed by atoms with Crippen LogP contribution in [0.3, 0.4) is 0 Å². The number of halogens is 1. The fourth-order valence-corrected chi connectivity index (χ4v) is 1.40. The molecule has 0 aliphatic heterocycles. The highest BCUT2D eigenvalue weighted by molar-refractivity contribution is 6.16. The molecule has 14 heavy (non-hydrogen) atoms. The first-order valence-electron chi connectivity index (χ1n) is 4.29. The van der Waals surface area contributed by atoms with E-state index in [0.717, 1.165) is 16.8 Å². The van der Waals surface area contributed by atoms with E-state index in [9.17, 15) is 0 Å². The Labute approximate surface area is 87.3 Å². The fourth-order valence-electron chi connectivity index (χ4n) is 1.24. The predicted octanol–water partition coefficient (Wildman–Crippen LogP) is 2.22. The minimum absolute atomic E-state index is 0.452. The van der Waals surface area contributed by atoms with Crippen LogP contribution in [-0.4, -0.2) is 14.8 Å². The molecule has 0 N–H and O–H groups in total. The highest BCUT2D eigenvalue weighted by atomic mass is 35.5. The smallest absolute Gasteiger partial charge is 0.0647 e. The van der Waals surface area contributed by atoms with E-state index in [1.54, 1.807) is 4.68 Å². The zero-order chi connectivity index (χ0) is 9.97. The molecule has 0 atom stereocenters. The molecular weight excluding hydrogens is 198 g/mol. The number of rotatable bonds is 2. The minimum atomic E-state index is 0.452. The topological polar surface area (TPSA) is 30.7 Å². The third-order valence-corrected chi connectivity index (χ3v) is 2.27. The summed E-state index contributed by atoms with van der Waals surface area (Å²) in [5.41, 5.74) is 3.02. The first-order chi connectivity index (χ1) is 6.79. The normalized spacial score (nSPS) is 10.4. The Bertz CT molecular complexity index is 419. The Morgan fingerprint density at radius 1 is 1.29 bits per heavy atom. The van der Waals surface area contributed by atoms with Gasteiger partial charge >= 0.3 is 0 Å². The number of hydrogen-bond acceptors (Lipinski definition) is 2. The maximum absolute atomic E-state index is 5.65. The van der Waals surface area contributed by atoms with Gasteiger partial charge in [-0.3, -0.25) is 9.67 Å². The Morgan fingerprint density at radius 3 is 2.64 bits per heavy atom. The van der Waals surface area contributed by atoms with Gasteiger partial charge in [-0.2, -0.15) is 5.10 Å². The molecule has 0 radical (unpaired) electrons. The lowest BCUT2D eigenvalue weighted by atomic mass is 10.1. The van der Waals surface area contributed by atoms with Gasteiger partial charge in [-0.05, 0) is 6.07 Å². The molecule has 0 aromatic carbocycles. The average Bonchev–Trinajstić information content (AvgIpc) is 2.65. The lowest BCUT2D eigenvalue weighted by Gasteiger charge is -1.97. The van der Waals surface area contributed by atoms with E-state index in [1.165, 1.54) is 0 Å². The number of alkyl halides is 1. The van der Waals surface area contributed by atoms with Crippen LogP contribution in [-0.2, 0) is 12.9 Å². The van der Waals surface area contributed by atoms with Crippen molar-refractivity contribution in [2.45, 2.75) is 5.88 Å². The second kappa shape index (κ2) is 3.80. The highest BCUT2D eigenvalue weighted by Gasteiger charge is 2.00. The first kappa shape index (κ1) is 9.21. The van der Waals surface area contributed by atoms with Gasteiger partial charge in [0.1, 0.15) is 0 Å². The molecule has 0 saturated heterocycles. The largest absolute Gasteiger partial charge is 0.275 e. The van der Waals surface area contributed by atoms with Crippen LogP contribution in [0.4, 0.5) is 0 Å². The average molecular weight is 208 g/mol. The van der Waals surface area contributed by atoms with Crippen molar-refractivity contribution < 1.29 is 0 Å². The van der Waals surface area contributed by atoms with Crippen LogP contribution in [0.25, 0.3) is 11.1 Å². The molecule has 2 heterocycles. The predicted molar refractivity (Wildman–Crippen MR) is 56.0 cm³/mol. The summed E-state index contributed by atoms with van der Waals surface area (Å²) in [6.45, 7) is 0. The van der Waals surface area contributed by atoms with Crippen LogP contribution in [0.2, 0.25) is 0 Å². The van der Waals surface area contributed by atoms with Crippen molar-refractivity contribution in [1.29, 1.82) is 0 Å². The third-order valence-electron chi connectivity index (χ3n) is 2.00. The van der Waals surface area contributed by atoms with Gasteiger partial charge in [-0.15, -0.1) is 11.6 Å². The van der Waals surface area contributed by atoms with Crippen LogP contribution in [0.5, 0.6) is 0 Å². The summed E-state index contributed by atoms with van der Waals surface area (Å²) in [6, 6.07) is 3.93. The van der Waals surface area contributed by atoms with Crippen LogP contribution in [0, 0.1) is 0 Å². The molecular formula is C10H10ClN3. The van der Waals surface area contributed by atoms with Gasteiger partial charge in [-0.1, -0.05) is 6.07 Å². The lowest BCUT2D eigenvalue weighted by molar-refractivity contribution is 0.768. The molecule has 3 nitrogen and oxygen atoms in total. The molecule has 4 heteroatoms. The maximum atomic E-state index is 5.65. The van der Waals surface area contributed by atoms with E-state index in [0.29, 0.717) is 5.88 Å². The Morgan fingerprint density at radius 2 is 2.14 bits per heavy atom. The summed E-state index contributed by atoms with van der Waals surface area (Å²) in [5, 5.41) is 4.10. The number of hydrogen-bond donors (Lipinski definition) is 0. The Hall–Kier alpha value is -1.35. The molecule has 2 aromatic heterocycles. The second-order valence-corrected chi connectivity index (χ2v) is 3.34. The summed E-state index contributed by atoms with van der Waals surface area (Å²) in [5.74, 6) is 0.452. The van der Waals surface area contributed by atoms with Gasteiger partial charge in [0, 0.05) is 30.6 Å². The van der Waals surface area contributed by atoms with Crippen LogP contribution in [0.15, 0.2) is 30.7 Å². The molecule has 0 spiro atoms. The number of pyridine rings is 1. The summed E-state index contributed by atoms with van der Waals surface area (Å²) < 4.78 is 1.77. The number of aryl methyl sites for hydroxylation is 1. The molecule has 0 amide bonds. The Balaban J connectivity index is 2.33. The molecule has 72 valence electrons. The molecule has 0 aliphatic rings. The van der Waals surface area contributed by atoms with Gasteiger partial charge in [0.15, 0.2) is 0 Å². The summed E-state index contributed by atoms with van der Waals surface area (Å²) in [6.07, 6.45) is 5.59. The maximum Gasteiger partial charge on any atom is 0.0647 e. The molecule has 0 unspecified atom stereocenters. The molecule has 0 fully saturated rings. The zero-order valence-corrected chi connectivity index (χ0v) is 8.57. The second-order valence-electron chi connectivity index (χ2n) is 3.07. The van der Waals surface area contributed by atoms with E-state index in [2.05, 4.69) is 10.1 Å². The summed E-state index contributed by atoms with van der Waals surface area (Å²) in [7, 11) is 1.89. The van der Waals surface area contributed by atoms with E-state index >= 15 is 0 Å². The van der Waals surface area contributed by atoms with Crippen LogP contribution >= 0.6 is 11.6 Å². The molecule has 0 bridgehead atoms. The first-order valence-corrected chi connectivity index (χ1v) is 4.83. The lowest BCUT2D eigenvalue weighted by Crippen LogP contribution is -1.85. The van der Waals surface area contributed by atoms with Gasteiger partial charge in [0.2, 0.25) is 0 Å². The molecule has 0 saturated carbocycles. The molecule has 2 rings (SSSR count). The van der Waals surface area contributed by atoms with Crippen molar-refractivity contribution in [2.75, 3.05) is 0 Å². The van der Waals surface area contributed by atoms with Crippen molar-refractivity contribution in [3.8, 4) is 11.1 Å². The van der Waals surface area contributed by atoms with Crippen molar-refractivity contribution in [3.63, 3.8) is 0 Å². The minimum Gasteiger partial charge on any atom is -0.275 e. The summed E-state index contributed by atoms with van der Waals surface area (Å²) in [4.78, 5) is 4.21. The number of aromatic nitrogens is 3. The standard InChI is InChI=1S/C10H10ClN3/c1-14-7-9(6-13-14)8-2-3-10(4-11)12-5-8/h2-3,5-7H,4H2,1H3. The quantitative estimate of drug-likeness (QED) is 0.707. The highest BCUT2D eigenvalue weighted by Crippen LogP contribution is 2.17. The summed E-state index contributed by atoms with van der Waals surface area (Å²) >= 11 is 5.65. The zero-order valence-electron chi connectivity index (χ0n) is 7.81. The van der Waals surface area contributed by atoms with Gasteiger partial charge in [0.25, 0.3) is 0 Å². The van der Waals surface area contributed by atoms with Crippen molar-refractivity contribution in [1.82, 2.24) is 14.8 Å². The number of nitrogens with zero attached hydrogens (tertiary/aromatic N) is 3. The van der Waals surface area contributed by atoms with Crippen LogP contribution < -0.4 is 0 Å². The van der Waals surface area contributed by atoms with Crippen molar-refractivity contribution in [3.05, 3.63) is 36.4 Å². The van der Waals surface area contributed by atoms with Crippen molar-refractivity contribution >= 4 is 11.6 Å². The molecule has 0 aliphatic carbocycles. The van der Waals surface area contributed by atoms with Crippen molar-refractivity contribution in [2.24, 2.45) is 7.05 Å². The van der Waals surface area contributed by atoms with E-state index in [4.69, 9.17) is 11.6 Å². The van der Waals surface area contributed by atoms with Gasteiger partial charge in [-0.25, -0.2) is 0 Å². The molecule has 2 aromatic rings. The van der Waals surface area contributed by atoms with E-state index in [1.807, 2.05) is 37.8 Å². The van der Waals surface area contributed by atoms with Gasteiger partial charge < -0.3 is 0 Å². The third kappa shape index (κ3) is 1.77. The van der Waals surface area contributed by atoms with Crippen LogP contribution in [0.1, 0.15) is 5.69 Å². The monoisotopic (exact) mass is 207 g/mol. The Kier molecular flexibility index (Phi) is 2.50. The fraction of sp³-hybridized carbons (Fsp3) is 0.200. The van der Waals surface area contributed by atoms with Gasteiger partial charge in [0.05, 0.1) is 17.8 Å².